The summed E-state index contributed by atoms with van der Waals surface area (Å²) >= 11 is 0. The van der Waals surface area contributed by atoms with Crippen molar-refractivity contribution < 1.29 is 9.47 Å². The van der Waals surface area contributed by atoms with Crippen LogP contribution in [0.3, 0.4) is 0 Å². The van der Waals surface area contributed by atoms with Gasteiger partial charge in [-0.05, 0) is 38.8 Å². The molecule has 0 aliphatic carbocycles. The minimum atomic E-state index is -0.103. The molecule has 0 aliphatic rings. The minimum absolute atomic E-state index is 0.103. The molecule has 0 aliphatic heterocycles. The van der Waals surface area contributed by atoms with Crippen LogP contribution in [0, 0.1) is 0 Å². The molecule has 0 saturated carbocycles. The van der Waals surface area contributed by atoms with Crippen LogP contribution in [-0.4, -0.2) is 13.2 Å². The normalized spacial score (nSPS) is 13.8. The topological polar surface area (TPSA) is 44.5 Å². The first-order valence-electron chi connectivity index (χ1n) is 7.69. The largest absolute Gasteiger partial charge is 0.496 e. The van der Waals surface area contributed by atoms with Crippen molar-refractivity contribution in [3.63, 3.8) is 0 Å². The second-order valence-corrected chi connectivity index (χ2v) is 5.44. The highest BCUT2D eigenvalue weighted by Crippen LogP contribution is 2.33. The minimum Gasteiger partial charge on any atom is -0.496 e. The number of ether oxygens (including phenoxy) is 2. The Morgan fingerprint density at radius 3 is 2.40 bits per heavy atom. The summed E-state index contributed by atoms with van der Waals surface area (Å²) in [6.45, 7) is 6.30. The number of benzene rings is 1. The van der Waals surface area contributed by atoms with Gasteiger partial charge >= 0.3 is 0 Å². The zero-order valence-electron chi connectivity index (χ0n) is 13.3. The summed E-state index contributed by atoms with van der Waals surface area (Å²) in [5.74, 6) is 1.65. The maximum Gasteiger partial charge on any atom is 0.128 e. The lowest BCUT2D eigenvalue weighted by Gasteiger charge is -2.21. The van der Waals surface area contributed by atoms with Crippen LogP contribution in [0.5, 0.6) is 11.5 Å². The van der Waals surface area contributed by atoms with Gasteiger partial charge in [0.25, 0.3) is 0 Å². The number of rotatable bonds is 9. The van der Waals surface area contributed by atoms with Gasteiger partial charge in [-0.1, -0.05) is 32.3 Å². The van der Waals surface area contributed by atoms with E-state index in [-0.39, 0.29) is 12.1 Å². The molecule has 0 fully saturated rings. The smallest absolute Gasteiger partial charge is 0.128 e. The molecule has 0 bridgehead atoms. The highest BCUT2D eigenvalue weighted by molar-refractivity contribution is 5.46. The Bertz CT molecular complexity index is 391. The van der Waals surface area contributed by atoms with Gasteiger partial charge in [0.2, 0.25) is 0 Å². The molecule has 1 aromatic rings. The Morgan fingerprint density at radius 2 is 1.80 bits per heavy atom. The summed E-state index contributed by atoms with van der Waals surface area (Å²) < 4.78 is 11.5. The first kappa shape index (κ1) is 16.8. The van der Waals surface area contributed by atoms with Crippen LogP contribution in [0.25, 0.3) is 0 Å². The molecule has 0 spiro atoms. The number of hydrogen-bond donors (Lipinski definition) is 1. The van der Waals surface area contributed by atoms with Crippen LogP contribution in [0.2, 0.25) is 0 Å². The van der Waals surface area contributed by atoms with E-state index in [0.29, 0.717) is 0 Å². The molecule has 2 atom stereocenters. The molecule has 1 unspecified atom stereocenters. The number of unbranched alkanes of at least 4 members (excludes halogenated alkanes) is 3. The predicted molar refractivity (Wildman–Crippen MR) is 84.4 cm³/mol. The Kier molecular flexibility index (Phi) is 7.45. The molecule has 2 N–H and O–H groups in total. The van der Waals surface area contributed by atoms with Crippen LogP contribution < -0.4 is 15.2 Å². The van der Waals surface area contributed by atoms with Gasteiger partial charge in [-0.25, -0.2) is 0 Å². The molecule has 3 heteroatoms. The van der Waals surface area contributed by atoms with E-state index in [1.165, 1.54) is 25.7 Å². The highest BCUT2D eigenvalue weighted by atomic mass is 16.5. The number of hydrogen-bond acceptors (Lipinski definition) is 3. The third kappa shape index (κ3) is 5.04. The van der Waals surface area contributed by atoms with E-state index >= 15 is 0 Å². The highest BCUT2D eigenvalue weighted by Gasteiger charge is 2.16. The lowest BCUT2D eigenvalue weighted by molar-refractivity contribution is 0.202. The van der Waals surface area contributed by atoms with Crippen molar-refractivity contribution in [2.24, 2.45) is 5.73 Å². The standard InChI is InChI=1S/C17H29NO2/c1-5-6-7-8-10-13(2)20-16-12-9-11-15(19-4)17(16)14(3)18/h9,11-14H,5-8,10,18H2,1-4H3/t13?,14-/m0/s1. The Labute approximate surface area is 123 Å². The summed E-state index contributed by atoms with van der Waals surface area (Å²) in [6, 6.07) is 5.75. The average Bonchev–Trinajstić information content (AvgIpc) is 2.43. The molecule has 1 aromatic carbocycles. The van der Waals surface area contributed by atoms with E-state index < -0.39 is 0 Å². The summed E-state index contributed by atoms with van der Waals surface area (Å²) in [5.41, 5.74) is 7.00. The van der Waals surface area contributed by atoms with Gasteiger partial charge in [0.05, 0.1) is 18.8 Å². The third-order valence-corrected chi connectivity index (χ3v) is 3.49. The first-order valence-corrected chi connectivity index (χ1v) is 7.69. The predicted octanol–water partition coefficient (Wildman–Crippen LogP) is 4.45. The summed E-state index contributed by atoms with van der Waals surface area (Å²) in [5, 5.41) is 0. The van der Waals surface area contributed by atoms with E-state index in [2.05, 4.69) is 13.8 Å². The van der Waals surface area contributed by atoms with Gasteiger partial charge in [-0.3, -0.25) is 0 Å². The molecular formula is C17H29NO2. The summed E-state index contributed by atoms with van der Waals surface area (Å²) in [6.07, 6.45) is 6.35. The maximum absolute atomic E-state index is 6.07. The van der Waals surface area contributed by atoms with E-state index in [1.807, 2.05) is 25.1 Å². The lowest BCUT2D eigenvalue weighted by Crippen LogP contribution is -2.15. The third-order valence-electron chi connectivity index (χ3n) is 3.49. The van der Waals surface area contributed by atoms with Crippen LogP contribution in [0.1, 0.15) is 64.5 Å². The zero-order chi connectivity index (χ0) is 15.0. The first-order chi connectivity index (χ1) is 9.60. The van der Waals surface area contributed by atoms with Crippen molar-refractivity contribution >= 4 is 0 Å². The van der Waals surface area contributed by atoms with Gasteiger partial charge in [0.1, 0.15) is 11.5 Å². The lowest BCUT2D eigenvalue weighted by atomic mass is 10.1. The van der Waals surface area contributed by atoms with Crippen molar-refractivity contribution in [2.75, 3.05) is 7.11 Å². The van der Waals surface area contributed by atoms with Crippen molar-refractivity contribution in [3.8, 4) is 11.5 Å². The number of methoxy groups -OCH3 is 1. The second-order valence-electron chi connectivity index (χ2n) is 5.44. The van der Waals surface area contributed by atoms with Crippen molar-refractivity contribution in [3.05, 3.63) is 23.8 Å². The van der Waals surface area contributed by atoms with Crippen LogP contribution in [0.4, 0.5) is 0 Å². The summed E-state index contributed by atoms with van der Waals surface area (Å²) in [7, 11) is 1.67. The van der Waals surface area contributed by atoms with Crippen molar-refractivity contribution in [1.29, 1.82) is 0 Å². The number of nitrogens with two attached hydrogens (primary N) is 1. The monoisotopic (exact) mass is 279 g/mol. The Hall–Kier alpha value is -1.22. The molecule has 3 nitrogen and oxygen atoms in total. The Morgan fingerprint density at radius 1 is 1.10 bits per heavy atom. The van der Waals surface area contributed by atoms with Crippen molar-refractivity contribution in [2.45, 2.75) is 65.0 Å². The van der Waals surface area contributed by atoms with Gasteiger partial charge in [0.15, 0.2) is 0 Å². The molecular weight excluding hydrogens is 250 g/mol. The quantitative estimate of drug-likeness (QED) is 0.679. The van der Waals surface area contributed by atoms with E-state index in [9.17, 15) is 0 Å². The zero-order valence-corrected chi connectivity index (χ0v) is 13.3. The van der Waals surface area contributed by atoms with Gasteiger partial charge in [0, 0.05) is 6.04 Å². The maximum atomic E-state index is 6.07. The van der Waals surface area contributed by atoms with Crippen molar-refractivity contribution in [1.82, 2.24) is 0 Å². The fourth-order valence-corrected chi connectivity index (χ4v) is 2.39. The molecule has 0 amide bonds. The second kappa shape index (κ2) is 8.85. The average molecular weight is 279 g/mol. The fourth-order valence-electron chi connectivity index (χ4n) is 2.39. The molecule has 0 heterocycles. The molecule has 1 rings (SSSR count). The summed E-state index contributed by atoms with van der Waals surface area (Å²) in [4.78, 5) is 0. The van der Waals surface area contributed by atoms with E-state index in [0.717, 1.165) is 23.5 Å². The van der Waals surface area contributed by atoms with Crippen LogP contribution >= 0.6 is 0 Å². The van der Waals surface area contributed by atoms with E-state index in [1.54, 1.807) is 7.11 Å². The van der Waals surface area contributed by atoms with Crippen LogP contribution in [0.15, 0.2) is 18.2 Å². The molecule has 0 aromatic heterocycles. The fraction of sp³-hybridized carbons (Fsp3) is 0.647. The molecule has 114 valence electrons. The SMILES string of the molecule is CCCCCCC(C)Oc1cccc(OC)c1[C@H](C)N. The Balaban J connectivity index is 2.66. The van der Waals surface area contributed by atoms with Gasteiger partial charge < -0.3 is 15.2 Å². The van der Waals surface area contributed by atoms with Gasteiger partial charge in [-0.15, -0.1) is 0 Å². The molecule has 0 saturated heterocycles. The molecule has 20 heavy (non-hydrogen) atoms. The van der Waals surface area contributed by atoms with Gasteiger partial charge in [-0.2, -0.15) is 0 Å². The molecule has 0 radical (unpaired) electrons. The van der Waals surface area contributed by atoms with E-state index in [4.69, 9.17) is 15.2 Å². The van der Waals surface area contributed by atoms with Crippen LogP contribution in [-0.2, 0) is 0 Å².